The summed E-state index contributed by atoms with van der Waals surface area (Å²) >= 11 is 0. The molecule has 0 heterocycles. The zero-order chi connectivity index (χ0) is 14.6. The molecule has 0 spiro atoms. The summed E-state index contributed by atoms with van der Waals surface area (Å²) in [5, 5.41) is 2.77. The molecule has 0 aromatic heterocycles. The molecule has 1 atom stereocenters. The highest BCUT2D eigenvalue weighted by Gasteiger charge is 2.33. The lowest BCUT2D eigenvalue weighted by Crippen LogP contribution is -2.38. The fraction of sp³-hybridized carbons (Fsp3) is 0.471. The Bertz CT molecular complexity index is 491. The molecule has 0 saturated carbocycles. The minimum atomic E-state index is -0.448. The number of ether oxygens (including phenoxy) is 1. The van der Waals surface area contributed by atoms with Crippen LogP contribution < -0.4 is 5.32 Å². The molecule has 0 unspecified atom stereocenters. The van der Waals surface area contributed by atoms with Crippen LogP contribution in [-0.2, 0) is 4.74 Å². The molecule has 3 nitrogen and oxygen atoms in total. The second-order valence-electron chi connectivity index (χ2n) is 6.01. The van der Waals surface area contributed by atoms with E-state index in [1.165, 1.54) is 5.57 Å². The van der Waals surface area contributed by atoms with Crippen molar-refractivity contribution in [1.82, 2.24) is 0 Å². The smallest absolute Gasteiger partial charge is 0.412 e. The molecule has 0 bridgehead atoms. The molecule has 20 heavy (non-hydrogen) atoms. The summed E-state index contributed by atoms with van der Waals surface area (Å²) in [6.07, 6.45) is 5.03. The number of nitrogens with one attached hydrogen (secondary N) is 1. The van der Waals surface area contributed by atoms with Gasteiger partial charge in [-0.2, -0.15) is 0 Å². The highest BCUT2D eigenvalue weighted by Crippen LogP contribution is 2.34. The van der Waals surface area contributed by atoms with Crippen LogP contribution in [0.3, 0.4) is 0 Å². The summed E-state index contributed by atoms with van der Waals surface area (Å²) in [6.45, 7) is 6.15. The Balaban J connectivity index is 1.92. The van der Waals surface area contributed by atoms with Gasteiger partial charge in [0.2, 0.25) is 0 Å². The predicted molar refractivity (Wildman–Crippen MR) is 81.7 cm³/mol. The Morgan fingerprint density at radius 1 is 1.30 bits per heavy atom. The van der Waals surface area contributed by atoms with Gasteiger partial charge in [-0.25, -0.2) is 4.79 Å². The predicted octanol–water partition coefficient (Wildman–Crippen LogP) is 4.76. The molecule has 1 N–H and O–H groups in total. The van der Waals surface area contributed by atoms with Gasteiger partial charge >= 0.3 is 6.09 Å². The lowest BCUT2D eigenvalue weighted by atomic mass is 9.79. The first-order chi connectivity index (χ1) is 9.47. The van der Waals surface area contributed by atoms with Gasteiger partial charge in [0.15, 0.2) is 0 Å². The first-order valence-corrected chi connectivity index (χ1v) is 7.18. The quantitative estimate of drug-likeness (QED) is 0.806. The largest absolute Gasteiger partial charge is 0.443 e. The van der Waals surface area contributed by atoms with E-state index in [1.807, 2.05) is 44.2 Å². The maximum absolute atomic E-state index is 12.0. The SMILES string of the molecule is CC1=CC[C@@H](C(C)(C)OC(=O)Nc2ccccc2)CC1. The van der Waals surface area contributed by atoms with Crippen molar-refractivity contribution in [1.29, 1.82) is 0 Å². The number of allylic oxidation sites excluding steroid dienone is 2. The van der Waals surface area contributed by atoms with Crippen molar-refractivity contribution in [2.75, 3.05) is 5.32 Å². The number of para-hydroxylation sites is 1. The van der Waals surface area contributed by atoms with Crippen LogP contribution in [-0.4, -0.2) is 11.7 Å². The summed E-state index contributed by atoms with van der Waals surface area (Å²) in [4.78, 5) is 12.0. The van der Waals surface area contributed by atoms with Gasteiger partial charge in [-0.05, 0) is 52.2 Å². The maximum Gasteiger partial charge on any atom is 0.412 e. The van der Waals surface area contributed by atoms with Crippen molar-refractivity contribution in [3.05, 3.63) is 42.0 Å². The van der Waals surface area contributed by atoms with E-state index >= 15 is 0 Å². The monoisotopic (exact) mass is 273 g/mol. The van der Waals surface area contributed by atoms with Crippen LogP contribution in [0.1, 0.15) is 40.0 Å². The van der Waals surface area contributed by atoms with Gasteiger partial charge in [0, 0.05) is 11.6 Å². The molecular formula is C17H23NO2. The lowest BCUT2D eigenvalue weighted by Gasteiger charge is -2.35. The van der Waals surface area contributed by atoms with E-state index in [0.29, 0.717) is 5.92 Å². The molecule has 2 rings (SSSR count). The van der Waals surface area contributed by atoms with Crippen molar-refractivity contribution in [2.45, 2.75) is 45.6 Å². The summed E-state index contributed by atoms with van der Waals surface area (Å²) in [5.74, 6) is 0.382. The highest BCUT2D eigenvalue weighted by atomic mass is 16.6. The Kier molecular flexibility index (Phi) is 4.48. The number of carbonyl (C=O) groups is 1. The van der Waals surface area contributed by atoms with E-state index in [2.05, 4.69) is 18.3 Å². The Labute approximate surface area is 121 Å². The number of anilines is 1. The molecule has 0 fully saturated rings. The normalized spacial score (nSPS) is 19.1. The van der Waals surface area contributed by atoms with Gasteiger partial charge in [0.25, 0.3) is 0 Å². The molecule has 3 heteroatoms. The van der Waals surface area contributed by atoms with Crippen LogP contribution in [0.5, 0.6) is 0 Å². The zero-order valence-electron chi connectivity index (χ0n) is 12.5. The van der Waals surface area contributed by atoms with Crippen molar-refractivity contribution in [3.63, 3.8) is 0 Å². The van der Waals surface area contributed by atoms with E-state index in [9.17, 15) is 4.79 Å². The van der Waals surface area contributed by atoms with E-state index in [1.54, 1.807) is 0 Å². The van der Waals surface area contributed by atoms with Crippen LogP contribution in [0, 0.1) is 5.92 Å². The number of hydrogen-bond donors (Lipinski definition) is 1. The van der Waals surface area contributed by atoms with Crippen molar-refractivity contribution >= 4 is 11.8 Å². The van der Waals surface area contributed by atoms with Crippen LogP contribution >= 0.6 is 0 Å². The summed E-state index contributed by atoms with van der Waals surface area (Å²) < 4.78 is 5.64. The summed E-state index contributed by atoms with van der Waals surface area (Å²) in [6, 6.07) is 9.38. The molecule has 1 aliphatic rings. The Morgan fingerprint density at radius 3 is 2.60 bits per heavy atom. The van der Waals surface area contributed by atoms with Crippen LogP contribution in [0.4, 0.5) is 10.5 Å². The molecule has 1 aromatic carbocycles. The lowest BCUT2D eigenvalue weighted by molar-refractivity contribution is -0.00232. The van der Waals surface area contributed by atoms with E-state index in [-0.39, 0.29) is 6.09 Å². The van der Waals surface area contributed by atoms with E-state index < -0.39 is 5.60 Å². The van der Waals surface area contributed by atoms with E-state index in [4.69, 9.17) is 4.74 Å². The molecule has 0 aliphatic heterocycles. The summed E-state index contributed by atoms with van der Waals surface area (Å²) in [5.41, 5.74) is 1.74. The van der Waals surface area contributed by atoms with Crippen LogP contribution in [0.2, 0.25) is 0 Å². The third-order valence-electron chi connectivity index (χ3n) is 4.00. The van der Waals surface area contributed by atoms with Gasteiger partial charge in [-0.1, -0.05) is 29.8 Å². The van der Waals surface area contributed by atoms with Crippen molar-refractivity contribution in [2.24, 2.45) is 5.92 Å². The second-order valence-corrected chi connectivity index (χ2v) is 6.01. The van der Waals surface area contributed by atoms with Gasteiger partial charge in [0.1, 0.15) is 5.60 Å². The molecule has 0 saturated heterocycles. The fourth-order valence-corrected chi connectivity index (χ4v) is 2.58. The molecule has 108 valence electrons. The second kappa shape index (κ2) is 6.12. The molecule has 0 radical (unpaired) electrons. The van der Waals surface area contributed by atoms with Crippen LogP contribution in [0.15, 0.2) is 42.0 Å². The van der Waals surface area contributed by atoms with E-state index in [0.717, 1.165) is 24.9 Å². The topological polar surface area (TPSA) is 38.3 Å². The van der Waals surface area contributed by atoms with Gasteiger partial charge in [0.05, 0.1) is 0 Å². The standard InChI is InChI=1S/C17H23NO2/c1-13-9-11-14(12-10-13)17(2,3)20-16(19)18-15-7-5-4-6-8-15/h4-9,14H,10-12H2,1-3H3,(H,18,19)/t14-/m1/s1. The minimum Gasteiger partial charge on any atom is -0.443 e. The van der Waals surface area contributed by atoms with Gasteiger partial charge in [-0.15, -0.1) is 0 Å². The molecular weight excluding hydrogens is 250 g/mol. The highest BCUT2D eigenvalue weighted by molar-refractivity contribution is 5.84. The average molecular weight is 273 g/mol. The number of carbonyl (C=O) groups excluding carboxylic acids is 1. The van der Waals surface area contributed by atoms with Crippen molar-refractivity contribution < 1.29 is 9.53 Å². The van der Waals surface area contributed by atoms with Gasteiger partial charge in [-0.3, -0.25) is 5.32 Å². The molecule has 1 amide bonds. The number of amides is 1. The zero-order valence-corrected chi connectivity index (χ0v) is 12.5. The Morgan fingerprint density at radius 2 is 2.00 bits per heavy atom. The summed E-state index contributed by atoms with van der Waals surface area (Å²) in [7, 11) is 0. The third-order valence-corrected chi connectivity index (χ3v) is 4.00. The number of hydrogen-bond acceptors (Lipinski definition) is 2. The third kappa shape index (κ3) is 3.86. The molecule has 1 aromatic rings. The molecule has 1 aliphatic carbocycles. The van der Waals surface area contributed by atoms with Crippen LogP contribution in [0.25, 0.3) is 0 Å². The average Bonchev–Trinajstić information content (AvgIpc) is 2.39. The Hall–Kier alpha value is -1.77. The maximum atomic E-state index is 12.0. The number of rotatable bonds is 3. The first-order valence-electron chi connectivity index (χ1n) is 7.18. The number of benzene rings is 1. The van der Waals surface area contributed by atoms with Crippen molar-refractivity contribution in [3.8, 4) is 0 Å². The first kappa shape index (κ1) is 14.6. The fourth-order valence-electron chi connectivity index (χ4n) is 2.58. The van der Waals surface area contributed by atoms with Gasteiger partial charge < -0.3 is 4.74 Å². The minimum absolute atomic E-state index is 0.382.